The van der Waals surface area contributed by atoms with Crippen molar-refractivity contribution in [1.82, 2.24) is 4.90 Å². The molecule has 0 aromatic carbocycles. The van der Waals surface area contributed by atoms with Gasteiger partial charge in [-0.15, -0.1) is 0 Å². The minimum absolute atomic E-state index is 0.913. The first-order valence-electron chi connectivity index (χ1n) is 4.57. The van der Waals surface area contributed by atoms with E-state index in [4.69, 9.17) is 4.74 Å². The Morgan fingerprint density at radius 3 is 2.45 bits per heavy atom. The summed E-state index contributed by atoms with van der Waals surface area (Å²) >= 11 is 0. The summed E-state index contributed by atoms with van der Waals surface area (Å²) in [6.45, 7) is 8.42. The van der Waals surface area contributed by atoms with Crippen LogP contribution in [0.5, 0.6) is 0 Å². The maximum absolute atomic E-state index is 5.35. The molecule has 0 saturated heterocycles. The topological polar surface area (TPSA) is 12.5 Å². The van der Waals surface area contributed by atoms with Gasteiger partial charge in [0.05, 0.1) is 0 Å². The van der Waals surface area contributed by atoms with E-state index >= 15 is 0 Å². The monoisotopic (exact) mass is 159 g/mol. The van der Waals surface area contributed by atoms with Crippen molar-refractivity contribution in [2.24, 2.45) is 0 Å². The Morgan fingerprint density at radius 2 is 1.91 bits per heavy atom. The van der Waals surface area contributed by atoms with Crippen molar-refractivity contribution in [2.75, 3.05) is 33.4 Å². The molecule has 0 saturated carbocycles. The molecule has 11 heavy (non-hydrogen) atoms. The molecule has 0 radical (unpaired) electrons. The van der Waals surface area contributed by atoms with Crippen LogP contribution in [-0.2, 0) is 4.74 Å². The predicted molar refractivity (Wildman–Crippen MR) is 48.9 cm³/mol. The molecule has 0 aliphatic rings. The Kier molecular flexibility index (Phi) is 7.96. The van der Waals surface area contributed by atoms with Crippen LogP contribution in [0.15, 0.2) is 0 Å². The van der Waals surface area contributed by atoms with Gasteiger partial charge in [-0.25, -0.2) is 0 Å². The number of ether oxygens (including phenoxy) is 1. The third-order valence-corrected chi connectivity index (χ3v) is 1.72. The van der Waals surface area contributed by atoms with E-state index in [-0.39, 0.29) is 0 Å². The highest BCUT2D eigenvalue weighted by Crippen LogP contribution is 1.88. The molecule has 2 nitrogen and oxygen atoms in total. The Labute approximate surface area is 70.5 Å². The summed E-state index contributed by atoms with van der Waals surface area (Å²) in [7, 11) is 2.14. The molecule has 0 aliphatic carbocycles. The molecule has 0 N–H and O–H groups in total. The predicted octanol–water partition coefficient (Wildman–Crippen LogP) is 1.75. The van der Waals surface area contributed by atoms with Crippen molar-refractivity contribution in [3.05, 3.63) is 0 Å². The fourth-order valence-electron chi connectivity index (χ4n) is 0.841. The van der Waals surface area contributed by atoms with E-state index < -0.39 is 0 Å². The Morgan fingerprint density at radius 1 is 1.18 bits per heavy atom. The van der Waals surface area contributed by atoms with E-state index in [1.807, 2.05) is 0 Å². The molecule has 0 fully saturated rings. The lowest BCUT2D eigenvalue weighted by atomic mass is 10.4. The van der Waals surface area contributed by atoms with Gasteiger partial charge in [-0.05, 0) is 26.4 Å². The van der Waals surface area contributed by atoms with Gasteiger partial charge in [-0.1, -0.05) is 13.8 Å². The molecule has 0 aromatic rings. The first-order valence-corrected chi connectivity index (χ1v) is 4.57. The maximum Gasteiger partial charge on any atom is 0.0478 e. The number of rotatable bonds is 7. The van der Waals surface area contributed by atoms with Crippen LogP contribution in [-0.4, -0.2) is 38.3 Å². The van der Waals surface area contributed by atoms with Crippen LogP contribution < -0.4 is 0 Å². The highest BCUT2D eigenvalue weighted by atomic mass is 16.5. The van der Waals surface area contributed by atoms with Gasteiger partial charge in [0.1, 0.15) is 0 Å². The zero-order chi connectivity index (χ0) is 8.53. The lowest BCUT2D eigenvalue weighted by molar-refractivity contribution is 0.125. The molecule has 0 heterocycles. The second-order valence-electron chi connectivity index (χ2n) is 2.86. The standard InChI is InChI=1S/C9H21NO/c1-4-8-11-9-6-7-10(3)5-2/h4-9H2,1-3H3. The molecule has 0 amide bonds. The first-order chi connectivity index (χ1) is 5.31. The van der Waals surface area contributed by atoms with Crippen LogP contribution in [0.3, 0.4) is 0 Å². The summed E-state index contributed by atoms with van der Waals surface area (Å²) in [5.41, 5.74) is 0. The lowest BCUT2D eigenvalue weighted by Crippen LogP contribution is -2.20. The normalized spacial score (nSPS) is 10.9. The Hall–Kier alpha value is -0.0800. The first kappa shape index (κ1) is 10.9. The van der Waals surface area contributed by atoms with Crippen LogP contribution in [0.25, 0.3) is 0 Å². The van der Waals surface area contributed by atoms with E-state index in [9.17, 15) is 0 Å². The van der Waals surface area contributed by atoms with Gasteiger partial charge in [-0.3, -0.25) is 0 Å². The molecule has 0 spiro atoms. The summed E-state index contributed by atoms with van der Waals surface area (Å²) in [4.78, 5) is 2.30. The van der Waals surface area contributed by atoms with Crippen LogP contribution in [0.1, 0.15) is 26.7 Å². The van der Waals surface area contributed by atoms with Gasteiger partial charge < -0.3 is 9.64 Å². The van der Waals surface area contributed by atoms with Gasteiger partial charge in [0, 0.05) is 19.8 Å². The average Bonchev–Trinajstić information content (AvgIpc) is 2.04. The van der Waals surface area contributed by atoms with Gasteiger partial charge in [0.2, 0.25) is 0 Å². The van der Waals surface area contributed by atoms with E-state index in [0.29, 0.717) is 0 Å². The molecule has 0 aromatic heterocycles. The van der Waals surface area contributed by atoms with Crippen molar-refractivity contribution in [3.63, 3.8) is 0 Å². The van der Waals surface area contributed by atoms with Crippen LogP contribution in [0.4, 0.5) is 0 Å². The lowest BCUT2D eigenvalue weighted by Gasteiger charge is -2.12. The van der Waals surface area contributed by atoms with Gasteiger partial charge in [0.15, 0.2) is 0 Å². The van der Waals surface area contributed by atoms with Crippen molar-refractivity contribution in [3.8, 4) is 0 Å². The third kappa shape index (κ3) is 7.82. The summed E-state index contributed by atoms with van der Waals surface area (Å²) in [6.07, 6.45) is 2.29. The Balaban J connectivity index is 2.89. The van der Waals surface area contributed by atoms with Crippen LogP contribution >= 0.6 is 0 Å². The molecule has 0 aliphatic heterocycles. The molecule has 2 heteroatoms. The SMILES string of the molecule is CCCOCCCN(C)CC. The van der Waals surface area contributed by atoms with Crippen molar-refractivity contribution >= 4 is 0 Å². The van der Waals surface area contributed by atoms with E-state index in [1.54, 1.807) is 0 Å². The number of nitrogens with zero attached hydrogens (tertiary/aromatic N) is 1. The van der Waals surface area contributed by atoms with Gasteiger partial charge >= 0.3 is 0 Å². The largest absolute Gasteiger partial charge is 0.381 e. The third-order valence-electron chi connectivity index (χ3n) is 1.72. The fourth-order valence-corrected chi connectivity index (χ4v) is 0.841. The molecule has 0 rings (SSSR count). The van der Waals surface area contributed by atoms with Crippen molar-refractivity contribution in [2.45, 2.75) is 26.7 Å². The van der Waals surface area contributed by atoms with Crippen LogP contribution in [0, 0.1) is 0 Å². The van der Waals surface area contributed by atoms with E-state index in [1.165, 1.54) is 0 Å². The zero-order valence-electron chi connectivity index (χ0n) is 8.10. The smallest absolute Gasteiger partial charge is 0.0478 e. The average molecular weight is 159 g/mol. The van der Waals surface area contributed by atoms with Gasteiger partial charge in [-0.2, -0.15) is 0 Å². The zero-order valence-corrected chi connectivity index (χ0v) is 8.10. The summed E-state index contributed by atoms with van der Waals surface area (Å²) in [6, 6.07) is 0. The van der Waals surface area contributed by atoms with Crippen molar-refractivity contribution < 1.29 is 4.74 Å². The molecular weight excluding hydrogens is 138 g/mol. The summed E-state index contributed by atoms with van der Waals surface area (Å²) < 4.78 is 5.35. The second-order valence-corrected chi connectivity index (χ2v) is 2.86. The van der Waals surface area contributed by atoms with Crippen LogP contribution in [0.2, 0.25) is 0 Å². The molecular formula is C9H21NO. The minimum atomic E-state index is 0.913. The molecule has 0 atom stereocenters. The summed E-state index contributed by atoms with van der Waals surface area (Å²) in [5.74, 6) is 0. The quantitative estimate of drug-likeness (QED) is 0.525. The van der Waals surface area contributed by atoms with Crippen molar-refractivity contribution in [1.29, 1.82) is 0 Å². The van der Waals surface area contributed by atoms with Gasteiger partial charge in [0.25, 0.3) is 0 Å². The second kappa shape index (κ2) is 8.02. The summed E-state index contributed by atoms with van der Waals surface area (Å²) in [5, 5.41) is 0. The Bertz CT molecular complexity index is 76.0. The number of hydrogen-bond acceptors (Lipinski definition) is 2. The molecule has 68 valence electrons. The maximum atomic E-state index is 5.35. The molecule has 0 bridgehead atoms. The minimum Gasteiger partial charge on any atom is -0.381 e. The van der Waals surface area contributed by atoms with E-state index in [0.717, 1.165) is 39.1 Å². The molecule has 0 unspecified atom stereocenters. The highest BCUT2D eigenvalue weighted by molar-refractivity contribution is 4.46. The number of hydrogen-bond donors (Lipinski definition) is 0. The highest BCUT2D eigenvalue weighted by Gasteiger charge is 1.92. The van der Waals surface area contributed by atoms with E-state index in [2.05, 4.69) is 25.8 Å². The fraction of sp³-hybridized carbons (Fsp3) is 1.00.